The molecule has 2 amide bonds. The summed E-state index contributed by atoms with van der Waals surface area (Å²) in [5.74, 6) is -0.707. The highest BCUT2D eigenvalue weighted by Gasteiger charge is 2.31. The van der Waals surface area contributed by atoms with Gasteiger partial charge in [-0.2, -0.15) is 4.31 Å². The van der Waals surface area contributed by atoms with Crippen molar-refractivity contribution in [2.75, 3.05) is 31.6 Å². The fraction of sp³-hybridized carbons (Fsp3) is 0.519. The SMILES string of the molecule is CCOC(=O)c1c(NC(=O)c2ccc(S(=O)(=O)N(CC(C)C)CC(C)C)cc2)sc2c1CCN(C(C)=O)C2. The minimum absolute atomic E-state index is 0.0530. The van der Waals surface area contributed by atoms with Crippen LogP contribution in [0.3, 0.4) is 0 Å². The average molecular weight is 564 g/mol. The van der Waals surface area contributed by atoms with Gasteiger partial charge in [0.1, 0.15) is 5.00 Å². The first-order chi connectivity index (χ1) is 17.8. The molecule has 0 unspecified atom stereocenters. The zero-order chi connectivity index (χ0) is 28.2. The van der Waals surface area contributed by atoms with E-state index < -0.39 is 21.9 Å². The second kappa shape index (κ2) is 12.4. The Hall–Kier alpha value is -2.76. The van der Waals surface area contributed by atoms with Crippen LogP contribution in [0.4, 0.5) is 5.00 Å². The van der Waals surface area contributed by atoms with Gasteiger partial charge in [0, 0.05) is 37.0 Å². The lowest BCUT2D eigenvalue weighted by molar-refractivity contribution is -0.129. The number of carbonyl (C=O) groups excluding carboxylic acids is 3. The second-order valence-electron chi connectivity index (χ2n) is 10.2. The summed E-state index contributed by atoms with van der Waals surface area (Å²) in [6.45, 7) is 13.0. The quantitative estimate of drug-likeness (QED) is 0.429. The number of ether oxygens (including phenoxy) is 1. The molecular formula is C27H37N3O6S2. The first-order valence-electron chi connectivity index (χ1n) is 12.8. The number of benzene rings is 1. The number of hydrogen-bond acceptors (Lipinski definition) is 7. The number of fused-ring (bicyclic) bond motifs is 1. The van der Waals surface area contributed by atoms with Crippen LogP contribution in [-0.4, -0.2) is 61.6 Å². The maximum atomic E-state index is 13.3. The Morgan fingerprint density at radius 3 is 2.21 bits per heavy atom. The van der Waals surface area contributed by atoms with Gasteiger partial charge in [0.15, 0.2) is 0 Å². The van der Waals surface area contributed by atoms with Gasteiger partial charge in [0.2, 0.25) is 15.9 Å². The van der Waals surface area contributed by atoms with Crippen LogP contribution in [0.2, 0.25) is 0 Å². The number of nitrogens with one attached hydrogen (secondary N) is 1. The molecule has 11 heteroatoms. The number of amides is 2. The fourth-order valence-corrected chi connectivity index (χ4v) is 7.38. The van der Waals surface area contributed by atoms with E-state index >= 15 is 0 Å². The minimum Gasteiger partial charge on any atom is -0.462 e. The number of carbonyl (C=O) groups is 3. The molecule has 0 radical (unpaired) electrons. The number of anilines is 1. The number of thiophene rings is 1. The topological polar surface area (TPSA) is 113 Å². The van der Waals surface area contributed by atoms with Gasteiger partial charge in [-0.25, -0.2) is 13.2 Å². The van der Waals surface area contributed by atoms with Gasteiger partial charge in [0.05, 0.1) is 23.6 Å². The van der Waals surface area contributed by atoms with E-state index in [2.05, 4.69) is 5.32 Å². The lowest BCUT2D eigenvalue weighted by Crippen LogP contribution is -2.37. The molecule has 1 aromatic heterocycles. The van der Waals surface area contributed by atoms with Crippen LogP contribution in [0.5, 0.6) is 0 Å². The molecule has 208 valence electrons. The smallest absolute Gasteiger partial charge is 0.341 e. The number of esters is 1. The largest absolute Gasteiger partial charge is 0.462 e. The lowest BCUT2D eigenvalue weighted by atomic mass is 10.0. The predicted octanol–water partition coefficient (Wildman–Crippen LogP) is 4.38. The molecular weight excluding hydrogens is 526 g/mol. The van der Waals surface area contributed by atoms with Crippen LogP contribution in [-0.2, 0) is 32.5 Å². The van der Waals surface area contributed by atoms with E-state index in [4.69, 9.17) is 4.74 Å². The van der Waals surface area contributed by atoms with Crippen LogP contribution in [0.15, 0.2) is 29.2 Å². The van der Waals surface area contributed by atoms with E-state index in [1.807, 2.05) is 27.7 Å². The third-order valence-electron chi connectivity index (χ3n) is 6.10. The summed E-state index contributed by atoms with van der Waals surface area (Å²) < 4.78 is 33.3. The molecule has 0 aliphatic carbocycles. The highest BCUT2D eigenvalue weighted by molar-refractivity contribution is 7.89. The highest BCUT2D eigenvalue weighted by Crippen LogP contribution is 2.38. The molecule has 2 heterocycles. The van der Waals surface area contributed by atoms with Crippen LogP contribution in [0.25, 0.3) is 0 Å². The van der Waals surface area contributed by atoms with Crippen LogP contribution < -0.4 is 5.32 Å². The van der Waals surface area contributed by atoms with Crippen LogP contribution in [0.1, 0.15) is 72.7 Å². The van der Waals surface area contributed by atoms with Crippen molar-refractivity contribution in [3.8, 4) is 0 Å². The molecule has 3 rings (SSSR count). The van der Waals surface area contributed by atoms with Gasteiger partial charge in [-0.3, -0.25) is 9.59 Å². The van der Waals surface area contributed by atoms with Crippen molar-refractivity contribution in [3.63, 3.8) is 0 Å². The van der Waals surface area contributed by atoms with Crippen molar-refractivity contribution >= 4 is 44.1 Å². The average Bonchev–Trinajstić information content (AvgIpc) is 3.20. The Kier molecular flexibility index (Phi) is 9.72. The molecule has 1 aliphatic rings. The fourth-order valence-electron chi connectivity index (χ4n) is 4.37. The lowest BCUT2D eigenvalue weighted by Gasteiger charge is -2.25. The summed E-state index contributed by atoms with van der Waals surface area (Å²) in [6.07, 6.45) is 0.491. The van der Waals surface area contributed by atoms with Gasteiger partial charge in [-0.1, -0.05) is 27.7 Å². The van der Waals surface area contributed by atoms with E-state index in [0.29, 0.717) is 43.2 Å². The molecule has 0 saturated heterocycles. The molecule has 38 heavy (non-hydrogen) atoms. The maximum absolute atomic E-state index is 13.3. The molecule has 1 N–H and O–H groups in total. The van der Waals surface area contributed by atoms with Crippen LogP contribution >= 0.6 is 11.3 Å². The monoisotopic (exact) mass is 563 g/mol. The summed E-state index contributed by atoms with van der Waals surface area (Å²) in [6, 6.07) is 5.82. The molecule has 0 bridgehead atoms. The number of nitrogens with zero attached hydrogens (tertiary/aromatic N) is 2. The third-order valence-corrected chi connectivity index (χ3v) is 9.08. The Bertz CT molecular complexity index is 1270. The van der Waals surface area contributed by atoms with Crippen LogP contribution in [0, 0.1) is 11.8 Å². The first kappa shape index (κ1) is 29.8. The summed E-state index contributed by atoms with van der Waals surface area (Å²) in [5, 5.41) is 3.18. The van der Waals surface area contributed by atoms with Crippen molar-refractivity contribution in [1.82, 2.24) is 9.21 Å². The van der Waals surface area contributed by atoms with Crippen molar-refractivity contribution in [3.05, 3.63) is 45.8 Å². The van der Waals surface area contributed by atoms with Crippen molar-refractivity contribution in [2.45, 2.75) is 59.4 Å². The van der Waals surface area contributed by atoms with Gasteiger partial charge in [-0.15, -0.1) is 11.3 Å². The first-order valence-corrected chi connectivity index (χ1v) is 15.1. The summed E-state index contributed by atoms with van der Waals surface area (Å²) in [7, 11) is -3.72. The normalized spacial score (nSPS) is 13.7. The summed E-state index contributed by atoms with van der Waals surface area (Å²) >= 11 is 1.25. The molecule has 1 aliphatic heterocycles. The number of hydrogen-bond donors (Lipinski definition) is 1. The van der Waals surface area contributed by atoms with Crippen molar-refractivity contribution in [1.29, 1.82) is 0 Å². The van der Waals surface area contributed by atoms with E-state index in [1.54, 1.807) is 11.8 Å². The molecule has 0 fully saturated rings. The van der Waals surface area contributed by atoms with Gasteiger partial charge >= 0.3 is 5.97 Å². The predicted molar refractivity (Wildman–Crippen MR) is 148 cm³/mol. The molecule has 9 nitrogen and oxygen atoms in total. The highest BCUT2D eigenvalue weighted by atomic mass is 32.2. The zero-order valence-corrected chi connectivity index (χ0v) is 24.5. The standard InChI is InChI=1S/C27H37N3O6S2/c1-7-36-27(33)24-22-12-13-29(19(6)31)16-23(22)37-26(24)28-25(32)20-8-10-21(11-9-20)38(34,35)30(14-17(2)3)15-18(4)5/h8-11,17-18H,7,12-16H2,1-6H3,(H,28,32). The molecule has 1 aromatic carbocycles. The van der Waals surface area contributed by atoms with Crippen molar-refractivity contribution in [2.24, 2.45) is 11.8 Å². The van der Waals surface area contributed by atoms with Gasteiger partial charge in [-0.05, 0) is 55.0 Å². The maximum Gasteiger partial charge on any atom is 0.341 e. The van der Waals surface area contributed by atoms with E-state index in [-0.39, 0.29) is 34.8 Å². The van der Waals surface area contributed by atoms with E-state index in [9.17, 15) is 22.8 Å². The minimum atomic E-state index is -3.72. The molecule has 0 atom stereocenters. The summed E-state index contributed by atoms with van der Waals surface area (Å²) in [5.41, 5.74) is 1.37. The Morgan fingerprint density at radius 2 is 1.68 bits per heavy atom. The van der Waals surface area contributed by atoms with Gasteiger partial charge < -0.3 is 15.0 Å². The number of sulfonamides is 1. The Labute approximate surface area is 229 Å². The zero-order valence-electron chi connectivity index (χ0n) is 22.9. The summed E-state index contributed by atoms with van der Waals surface area (Å²) in [4.78, 5) is 40.4. The Morgan fingerprint density at radius 1 is 1.08 bits per heavy atom. The van der Waals surface area contributed by atoms with Gasteiger partial charge in [0.25, 0.3) is 5.91 Å². The molecule has 0 spiro atoms. The van der Waals surface area contributed by atoms with Crippen molar-refractivity contribution < 1.29 is 27.5 Å². The molecule has 0 saturated carbocycles. The third kappa shape index (κ3) is 6.81. The number of rotatable bonds is 10. The van der Waals surface area contributed by atoms with E-state index in [0.717, 1.165) is 10.4 Å². The van der Waals surface area contributed by atoms with E-state index in [1.165, 1.54) is 46.8 Å². The second-order valence-corrected chi connectivity index (χ2v) is 13.3. The molecule has 2 aromatic rings. The Balaban J connectivity index is 1.86.